The molecule has 2 heterocycles. The first-order chi connectivity index (χ1) is 12.6. The average Bonchev–Trinajstić information content (AvgIpc) is 2.97. The van der Waals surface area contributed by atoms with E-state index in [0.29, 0.717) is 5.06 Å². The molecule has 0 aliphatic carbocycles. The lowest BCUT2D eigenvalue weighted by molar-refractivity contribution is -0.167. The van der Waals surface area contributed by atoms with Crippen LogP contribution in [-0.2, 0) is 22.6 Å². The lowest BCUT2D eigenvalue weighted by Crippen LogP contribution is -2.33. The number of rotatable bonds is 4. The highest BCUT2D eigenvalue weighted by atomic mass is 19.4. The number of hydroxylamine groups is 2. The fourth-order valence-corrected chi connectivity index (χ4v) is 2.84. The molecule has 2 amide bonds. The number of alkyl halides is 3. The van der Waals surface area contributed by atoms with Gasteiger partial charge in [-0.2, -0.15) is 18.3 Å². The minimum absolute atomic E-state index is 0.112. The Hall–Kier alpha value is -3.17. The van der Waals surface area contributed by atoms with Crippen LogP contribution in [0.1, 0.15) is 37.7 Å². The Morgan fingerprint density at radius 2 is 1.67 bits per heavy atom. The monoisotopic (exact) mass is 381 g/mol. The molecular weight excluding hydrogens is 367 g/mol. The maximum atomic E-state index is 12.6. The number of hydrogen-bond acceptors (Lipinski definition) is 5. The summed E-state index contributed by atoms with van der Waals surface area (Å²) in [6.45, 7) is 1.58. The van der Waals surface area contributed by atoms with Crippen molar-refractivity contribution in [2.45, 2.75) is 33.0 Å². The number of fused-ring (bicyclic) bond motifs is 1. The molecule has 0 spiro atoms. The number of benzene rings is 1. The van der Waals surface area contributed by atoms with Crippen LogP contribution in [0, 0.1) is 13.8 Å². The number of imide groups is 1. The summed E-state index contributed by atoms with van der Waals surface area (Å²) in [5, 5.41) is 4.14. The molecule has 0 bridgehead atoms. The van der Waals surface area contributed by atoms with Gasteiger partial charge in [0.25, 0.3) is 11.8 Å². The van der Waals surface area contributed by atoms with E-state index in [4.69, 9.17) is 4.84 Å². The number of nitrogens with zero attached hydrogens (tertiary/aromatic N) is 3. The molecule has 142 valence electrons. The molecule has 3 rings (SSSR count). The summed E-state index contributed by atoms with van der Waals surface area (Å²) in [6.07, 6.45) is -4.88. The van der Waals surface area contributed by atoms with E-state index in [0.717, 1.165) is 4.68 Å². The molecule has 7 nitrogen and oxygen atoms in total. The number of amides is 2. The van der Waals surface area contributed by atoms with Crippen LogP contribution in [0.5, 0.6) is 0 Å². The van der Waals surface area contributed by atoms with Crippen molar-refractivity contribution in [2.75, 3.05) is 0 Å². The van der Waals surface area contributed by atoms with Crippen LogP contribution in [0.25, 0.3) is 0 Å². The van der Waals surface area contributed by atoms with Crippen molar-refractivity contribution in [3.05, 3.63) is 52.3 Å². The first-order valence-electron chi connectivity index (χ1n) is 7.86. The highest BCUT2D eigenvalue weighted by molar-refractivity contribution is 6.20. The highest BCUT2D eigenvalue weighted by Gasteiger charge is 2.39. The summed E-state index contributed by atoms with van der Waals surface area (Å²) >= 11 is 0. The zero-order valence-electron chi connectivity index (χ0n) is 14.3. The molecular formula is C17H14F3N3O4. The second-order valence-electron chi connectivity index (χ2n) is 6.01. The van der Waals surface area contributed by atoms with Gasteiger partial charge in [-0.05, 0) is 26.0 Å². The maximum Gasteiger partial charge on any atom is 0.408 e. The smallest absolute Gasteiger partial charge is 0.329 e. The second kappa shape index (κ2) is 6.53. The van der Waals surface area contributed by atoms with E-state index in [1.165, 1.54) is 26.0 Å². The van der Waals surface area contributed by atoms with E-state index in [-0.39, 0.29) is 28.1 Å². The van der Waals surface area contributed by atoms with Crippen LogP contribution >= 0.6 is 0 Å². The molecule has 1 aliphatic heterocycles. The summed E-state index contributed by atoms with van der Waals surface area (Å²) in [7, 11) is 0. The molecule has 10 heteroatoms. The van der Waals surface area contributed by atoms with E-state index in [9.17, 15) is 27.6 Å². The van der Waals surface area contributed by atoms with Gasteiger partial charge in [0.15, 0.2) is 0 Å². The van der Waals surface area contributed by atoms with Crippen molar-refractivity contribution in [2.24, 2.45) is 0 Å². The van der Waals surface area contributed by atoms with Crippen molar-refractivity contribution in [3.63, 3.8) is 0 Å². The Kier molecular flexibility index (Phi) is 4.50. The predicted octanol–water partition coefficient (Wildman–Crippen LogP) is 2.36. The topological polar surface area (TPSA) is 81.5 Å². The Labute approximate surface area is 151 Å². The van der Waals surface area contributed by atoms with Crippen molar-refractivity contribution in [1.82, 2.24) is 14.8 Å². The fourth-order valence-electron chi connectivity index (χ4n) is 2.84. The highest BCUT2D eigenvalue weighted by Crippen LogP contribution is 2.24. The lowest BCUT2D eigenvalue weighted by Gasteiger charge is -2.13. The van der Waals surface area contributed by atoms with Gasteiger partial charge in [0.2, 0.25) is 0 Å². The van der Waals surface area contributed by atoms with E-state index >= 15 is 0 Å². The Bertz CT molecular complexity index is 914. The van der Waals surface area contributed by atoms with E-state index in [1.54, 1.807) is 12.1 Å². The number of aromatic nitrogens is 2. The molecule has 0 fully saturated rings. The van der Waals surface area contributed by atoms with Gasteiger partial charge in [-0.1, -0.05) is 17.2 Å². The zero-order valence-corrected chi connectivity index (χ0v) is 14.3. The minimum Gasteiger partial charge on any atom is -0.329 e. The van der Waals surface area contributed by atoms with E-state index in [2.05, 4.69) is 5.10 Å². The minimum atomic E-state index is -4.46. The van der Waals surface area contributed by atoms with Gasteiger partial charge >= 0.3 is 12.1 Å². The van der Waals surface area contributed by atoms with Crippen LogP contribution in [0.3, 0.4) is 0 Å². The van der Waals surface area contributed by atoms with Gasteiger partial charge in [0.05, 0.1) is 23.2 Å². The zero-order chi connectivity index (χ0) is 19.9. The number of halogens is 3. The molecule has 1 aliphatic rings. The molecule has 0 saturated carbocycles. The average molecular weight is 381 g/mol. The third kappa shape index (κ3) is 3.55. The first kappa shape index (κ1) is 18.6. The van der Waals surface area contributed by atoms with Gasteiger partial charge in [-0.15, -0.1) is 0 Å². The first-order valence-corrected chi connectivity index (χ1v) is 7.86. The molecule has 27 heavy (non-hydrogen) atoms. The van der Waals surface area contributed by atoms with Crippen LogP contribution in [-0.4, -0.2) is 38.8 Å². The molecule has 0 N–H and O–H groups in total. The Morgan fingerprint density at radius 3 is 2.19 bits per heavy atom. The summed E-state index contributed by atoms with van der Waals surface area (Å²) in [5.74, 6) is -2.50. The number of aryl methyl sites for hydroxylation is 1. The fraction of sp³-hybridized carbons (Fsp3) is 0.294. The van der Waals surface area contributed by atoms with Gasteiger partial charge < -0.3 is 4.84 Å². The maximum absolute atomic E-state index is 12.6. The van der Waals surface area contributed by atoms with Crippen LogP contribution in [0.2, 0.25) is 0 Å². The van der Waals surface area contributed by atoms with Crippen molar-refractivity contribution in [1.29, 1.82) is 0 Å². The molecule has 0 saturated heterocycles. The Balaban J connectivity index is 1.74. The Morgan fingerprint density at radius 1 is 1.11 bits per heavy atom. The van der Waals surface area contributed by atoms with E-state index < -0.39 is 36.9 Å². The SMILES string of the molecule is Cc1nn(CC(F)(F)F)c(C)c1CC(=O)ON1C(=O)c2ccccc2C1=O. The quantitative estimate of drug-likeness (QED) is 0.760. The van der Waals surface area contributed by atoms with Gasteiger partial charge in [-0.3, -0.25) is 14.3 Å². The summed E-state index contributed by atoms with van der Waals surface area (Å²) < 4.78 is 38.5. The van der Waals surface area contributed by atoms with Crippen molar-refractivity contribution < 1.29 is 32.4 Å². The third-order valence-corrected chi connectivity index (χ3v) is 4.13. The molecule has 0 radical (unpaired) electrons. The van der Waals surface area contributed by atoms with Gasteiger partial charge in [0.1, 0.15) is 6.54 Å². The van der Waals surface area contributed by atoms with Crippen LogP contribution < -0.4 is 0 Å². The molecule has 1 aromatic carbocycles. The molecule has 1 aromatic heterocycles. The van der Waals surface area contributed by atoms with E-state index in [1.807, 2.05) is 0 Å². The number of hydrogen-bond donors (Lipinski definition) is 0. The summed E-state index contributed by atoms with van der Waals surface area (Å²) in [6, 6.07) is 5.99. The van der Waals surface area contributed by atoms with Gasteiger partial charge in [0, 0.05) is 11.3 Å². The normalized spacial score (nSPS) is 13.9. The predicted molar refractivity (Wildman–Crippen MR) is 84.5 cm³/mol. The van der Waals surface area contributed by atoms with Crippen LogP contribution in [0.4, 0.5) is 13.2 Å². The van der Waals surface area contributed by atoms with Crippen LogP contribution in [0.15, 0.2) is 24.3 Å². The second-order valence-corrected chi connectivity index (χ2v) is 6.01. The number of carbonyl (C=O) groups excluding carboxylic acids is 3. The molecule has 2 aromatic rings. The molecule has 0 unspecified atom stereocenters. The van der Waals surface area contributed by atoms with Gasteiger partial charge in [-0.25, -0.2) is 4.79 Å². The number of carbonyl (C=O) groups is 3. The van der Waals surface area contributed by atoms with Crippen molar-refractivity contribution in [3.8, 4) is 0 Å². The lowest BCUT2D eigenvalue weighted by atomic mass is 10.1. The molecule has 0 atom stereocenters. The standard InChI is InChI=1S/C17H14F3N3O4/c1-9-13(10(2)22(21-9)8-17(18,19)20)7-14(24)27-23-15(25)11-5-3-4-6-12(11)16(23)26/h3-6H,7-8H2,1-2H3. The summed E-state index contributed by atoms with van der Waals surface area (Å²) in [4.78, 5) is 41.4. The third-order valence-electron chi connectivity index (χ3n) is 4.13. The summed E-state index contributed by atoms with van der Waals surface area (Å²) in [5.41, 5.74) is 0.863. The van der Waals surface area contributed by atoms with Crippen molar-refractivity contribution >= 4 is 17.8 Å². The largest absolute Gasteiger partial charge is 0.408 e.